The summed E-state index contributed by atoms with van der Waals surface area (Å²) in [7, 11) is 0. The normalized spacial score (nSPS) is 9.00. The maximum absolute atomic E-state index is 11.1. The number of rotatable bonds is 2. The Hall–Kier alpha value is -2.27. The van der Waals surface area contributed by atoms with Crippen LogP contribution in [-0.2, 0) is 6.54 Å². The molecule has 1 N–H and O–H groups in total. The fraction of sp³-hybridized carbons (Fsp3) is 0.222. The zero-order valence-electron chi connectivity index (χ0n) is 7.28. The first-order chi connectivity index (χ1) is 6.69. The van der Waals surface area contributed by atoms with Crippen molar-refractivity contribution in [2.45, 2.75) is 13.0 Å². The van der Waals surface area contributed by atoms with E-state index in [0.29, 0.717) is 13.0 Å². The highest BCUT2D eigenvalue weighted by Crippen LogP contribution is 1.87. The van der Waals surface area contributed by atoms with Crippen LogP contribution in [-0.4, -0.2) is 9.55 Å². The molecule has 1 rings (SSSR count). The summed E-state index contributed by atoms with van der Waals surface area (Å²) in [6, 6.07) is 1.68. The van der Waals surface area contributed by atoms with Crippen molar-refractivity contribution in [3.8, 4) is 18.4 Å². The molecule has 1 aromatic heterocycles. The molecule has 0 aliphatic rings. The first-order valence-corrected chi connectivity index (χ1v) is 3.86. The number of terminal acetylenes is 1. The second kappa shape index (κ2) is 4.11. The zero-order chi connectivity index (χ0) is 10.6. The van der Waals surface area contributed by atoms with Crippen LogP contribution in [0.5, 0.6) is 0 Å². The van der Waals surface area contributed by atoms with Gasteiger partial charge in [0.25, 0.3) is 5.56 Å². The Morgan fingerprint density at radius 1 is 1.57 bits per heavy atom. The zero-order valence-corrected chi connectivity index (χ0v) is 7.28. The molecule has 0 aromatic carbocycles. The Morgan fingerprint density at radius 2 is 2.29 bits per heavy atom. The molecule has 1 heterocycles. The van der Waals surface area contributed by atoms with E-state index < -0.39 is 11.2 Å². The van der Waals surface area contributed by atoms with Crippen LogP contribution in [0.3, 0.4) is 0 Å². The quantitative estimate of drug-likeness (QED) is 0.633. The molecule has 70 valence electrons. The third kappa shape index (κ3) is 1.90. The summed E-state index contributed by atoms with van der Waals surface area (Å²) >= 11 is 0. The molecule has 0 fully saturated rings. The lowest BCUT2D eigenvalue weighted by Crippen LogP contribution is -2.30. The number of aryl methyl sites for hydroxylation is 1. The fourth-order valence-electron chi connectivity index (χ4n) is 0.940. The smallest absolute Gasteiger partial charge is 0.298 e. The molecule has 0 saturated heterocycles. The Labute approximate surface area is 79.6 Å². The van der Waals surface area contributed by atoms with Crippen LogP contribution in [0.1, 0.15) is 12.0 Å². The van der Waals surface area contributed by atoms with E-state index >= 15 is 0 Å². The van der Waals surface area contributed by atoms with Gasteiger partial charge in [0, 0.05) is 19.2 Å². The number of nitrogens with zero attached hydrogens (tertiary/aromatic N) is 2. The summed E-state index contributed by atoms with van der Waals surface area (Å²) in [6.45, 7) is 0.292. The highest BCUT2D eigenvalue weighted by molar-refractivity contribution is 5.21. The van der Waals surface area contributed by atoms with E-state index in [-0.39, 0.29) is 5.56 Å². The first-order valence-electron chi connectivity index (χ1n) is 3.86. The number of hydrogen-bond donors (Lipinski definition) is 1. The highest BCUT2D eigenvalue weighted by Gasteiger charge is 2.02. The Balaban J connectivity index is 3.21. The lowest BCUT2D eigenvalue weighted by molar-refractivity contribution is 0.660. The third-order valence-electron chi connectivity index (χ3n) is 1.63. The number of hydrogen-bond acceptors (Lipinski definition) is 3. The minimum Gasteiger partial charge on any atom is -0.298 e. The van der Waals surface area contributed by atoms with E-state index in [1.54, 1.807) is 6.07 Å². The third-order valence-corrected chi connectivity index (χ3v) is 1.63. The molecule has 0 aliphatic carbocycles. The van der Waals surface area contributed by atoms with Gasteiger partial charge in [0.1, 0.15) is 11.6 Å². The Kier molecular flexibility index (Phi) is 2.88. The van der Waals surface area contributed by atoms with E-state index in [1.165, 1.54) is 10.8 Å². The number of nitriles is 1. The van der Waals surface area contributed by atoms with E-state index in [4.69, 9.17) is 11.7 Å². The minimum absolute atomic E-state index is 0.0957. The monoisotopic (exact) mass is 189 g/mol. The predicted molar refractivity (Wildman–Crippen MR) is 49.5 cm³/mol. The van der Waals surface area contributed by atoms with Gasteiger partial charge in [-0.2, -0.15) is 5.26 Å². The van der Waals surface area contributed by atoms with Crippen molar-refractivity contribution < 1.29 is 0 Å². The van der Waals surface area contributed by atoms with Crippen LogP contribution in [0.15, 0.2) is 15.8 Å². The maximum Gasteiger partial charge on any atom is 0.328 e. The van der Waals surface area contributed by atoms with E-state index in [0.717, 1.165) is 0 Å². The van der Waals surface area contributed by atoms with Gasteiger partial charge in [0.2, 0.25) is 0 Å². The van der Waals surface area contributed by atoms with Gasteiger partial charge in [0.05, 0.1) is 0 Å². The maximum atomic E-state index is 11.1. The molecule has 5 heteroatoms. The van der Waals surface area contributed by atoms with Crippen molar-refractivity contribution in [3.63, 3.8) is 0 Å². The van der Waals surface area contributed by atoms with Gasteiger partial charge in [-0.15, -0.1) is 12.3 Å². The van der Waals surface area contributed by atoms with Crippen LogP contribution in [0.25, 0.3) is 0 Å². The van der Waals surface area contributed by atoms with Crippen LogP contribution >= 0.6 is 0 Å². The summed E-state index contributed by atoms with van der Waals surface area (Å²) in [6.07, 6.45) is 6.60. The minimum atomic E-state index is -0.672. The van der Waals surface area contributed by atoms with Crippen molar-refractivity contribution in [2.24, 2.45) is 0 Å². The Morgan fingerprint density at radius 3 is 2.86 bits per heavy atom. The van der Waals surface area contributed by atoms with Gasteiger partial charge in [0.15, 0.2) is 0 Å². The van der Waals surface area contributed by atoms with Crippen LogP contribution in [0.4, 0.5) is 0 Å². The Bertz CT molecular complexity index is 525. The van der Waals surface area contributed by atoms with E-state index in [2.05, 4.69) is 5.92 Å². The molecule has 14 heavy (non-hydrogen) atoms. The topological polar surface area (TPSA) is 78.7 Å². The van der Waals surface area contributed by atoms with Gasteiger partial charge in [-0.25, -0.2) is 4.79 Å². The molecule has 5 nitrogen and oxygen atoms in total. The van der Waals surface area contributed by atoms with Crippen LogP contribution in [0, 0.1) is 23.7 Å². The molecule has 0 saturated carbocycles. The molecule has 0 spiro atoms. The number of nitrogens with one attached hydrogen (secondary N) is 1. The first kappa shape index (κ1) is 9.82. The summed E-state index contributed by atoms with van der Waals surface area (Å²) in [5, 5.41) is 8.53. The lowest BCUT2D eigenvalue weighted by atomic mass is 10.3. The molecule has 1 aromatic rings. The highest BCUT2D eigenvalue weighted by atomic mass is 16.2. The van der Waals surface area contributed by atoms with Crippen molar-refractivity contribution in [3.05, 3.63) is 32.6 Å². The fourth-order valence-corrected chi connectivity index (χ4v) is 0.940. The van der Waals surface area contributed by atoms with Crippen molar-refractivity contribution in [1.82, 2.24) is 9.55 Å². The number of H-pyrrole nitrogens is 1. The summed E-state index contributed by atoms with van der Waals surface area (Å²) in [5.41, 5.74) is -1.32. The second-order valence-electron chi connectivity index (χ2n) is 2.56. The average molecular weight is 189 g/mol. The van der Waals surface area contributed by atoms with Crippen molar-refractivity contribution in [1.29, 1.82) is 5.26 Å². The predicted octanol–water partition coefficient (Wildman–Crippen LogP) is -0.568. The summed E-state index contributed by atoms with van der Waals surface area (Å²) < 4.78 is 1.21. The molecule has 0 atom stereocenters. The van der Waals surface area contributed by atoms with Crippen molar-refractivity contribution in [2.75, 3.05) is 0 Å². The molecule has 0 aliphatic heterocycles. The van der Waals surface area contributed by atoms with Gasteiger partial charge >= 0.3 is 5.69 Å². The van der Waals surface area contributed by atoms with Gasteiger partial charge < -0.3 is 0 Å². The van der Waals surface area contributed by atoms with Crippen LogP contribution in [0.2, 0.25) is 0 Å². The van der Waals surface area contributed by atoms with E-state index in [1.807, 2.05) is 4.98 Å². The number of aromatic amines is 1. The standard InChI is InChI=1S/C9H7N3O2/c1-2-3-4-12-6-7(5-10)8(13)11-9(12)14/h1,6H,3-4H2,(H,11,13,14). The molecule has 0 bridgehead atoms. The van der Waals surface area contributed by atoms with Gasteiger partial charge in [-0.1, -0.05) is 0 Å². The molecular weight excluding hydrogens is 182 g/mol. The molecular formula is C9H7N3O2. The SMILES string of the molecule is C#CCCn1cc(C#N)c(=O)[nH]c1=O. The number of aromatic nitrogens is 2. The average Bonchev–Trinajstić information content (AvgIpc) is 2.17. The van der Waals surface area contributed by atoms with Crippen molar-refractivity contribution >= 4 is 0 Å². The second-order valence-corrected chi connectivity index (χ2v) is 2.56. The summed E-state index contributed by atoms with van der Waals surface area (Å²) in [4.78, 5) is 24.1. The molecule has 0 unspecified atom stereocenters. The van der Waals surface area contributed by atoms with Gasteiger partial charge in [-0.05, 0) is 0 Å². The molecule has 0 radical (unpaired) electrons. The lowest BCUT2D eigenvalue weighted by Gasteiger charge is -2.00. The summed E-state index contributed by atoms with van der Waals surface area (Å²) in [5.74, 6) is 2.36. The largest absolute Gasteiger partial charge is 0.328 e. The van der Waals surface area contributed by atoms with E-state index in [9.17, 15) is 9.59 Å². The van der Waals surface area contributed by atoms with Crippen LogP contribution < -0.4 is 11.2 Å². The van der Waals surface area contributed by atoms with Gasteiger partial charge in [-0.3, -0.25) is 14.3 Å². The molecule has 0 amide bonds.